The Kier molecular flexibility index (Phi) is 5.52. The lowest BCUT2D eigenvalue weighted by Crippen LogP contribution is -2.20. The smallest absolute Gasteiger partial charge is 0.154 e. The highest BCUT2D eigenvalue weighted by Gasteiger charge is 2.29. The predicted octanol–water partition coefficient (Wildman–Crippen LogP) is 2.97. The van der Waals surface area contributed by atoms with Gasteiger partial charge in [-0.05, 0) is 44.0 Å². The van der Waals surface area contributed by atoms with Gasteiger partial charge in [0, 0.05) is 6.04 Å². The number of rotatable bonds is 6. The second-order valence-electron chi connectivity index (χ2n) is 5.51. The van der Waals surface area contributed by atoms with Gasteiger partial charge in [0.05, 0.1) is 16.5 Å². The summed E-state index contributed by atoms with van der Waals surface area (Å²) < 4.78 is 28.6. The molecule has 118 valence electrons. The third-order valence-electron chi connectivity index (χ3n) is 3.64. The molecule has 6 heteroatoms. The Hall–Kier alpha value is -0.780. The molecule has 0 spiro atoms. The number of hydrogen-bond acceptors (Lipinski definition) is 4. The molecule has 21 heavy (non-hydrogen) atoms. The van der Waals surface area contributed by atoms with Gasteiger partial charge in [0.2, 0.25) is 0 Å². The van der Waals surface area contributed by atoms with E-state index in [4.69, 9.17) is 16.3 Å². The van der Waals surface area contributed by atoms with E-state index in [1.165, 1.54) is 0 Å². The Morgan fingerprint density at radius 1 is 1.48 bits per heavy atom. The average Bonchev–Trinajstić information content (AvgIpc) is 2.77. The van der Waals surface area contributed by atoms with Gasteiger partial charge in [-0.15, -0.1) is 0 Å². The number of sulfone groups is 1. The van der Waals surface area contributed by atoms with Crippen LogP contribution in [-0.2, 0) is 9.84 Å². The molecule has 2 rings (SSSR count). The lowest BCUT2D eigenvalue weighted by atomic mass is 10.1. The Bertz CT molecular complexity index is 589. The van der Waals surface area contributed by atoms with E-state index in [-0.39, 0.29) is 23.7 Å². The van der Waals surface area contributed by atoms with Crippen molar-refractivity contribution in [1.29, 1.82) is 0 Å². The van der Waals surface area contributed by atoms with Crippen molar-refractivity contribution in [2.75, 3.05) is 18.1 Å². The number of nitrogens with one attached hydrogen (secondary N) is 1. The molecule has 1 fully saturated rings. The van der Waals surface area contributed by atoms with E-state index in [0.717, 1.165) is 18.5 Å². The van der Waals surface area contributed by atoms with E-state index in [0.29, 0.717) is 17.2 Å². The van der Waals surface area contributed by atoms with Gasteiger partial charge in [-0.1, -0.05) is 24.6 Å². The minimum atomic E-state index is -2.94. The lowest BCUT2D eigenvalue weighted by Gasteiger charge is -2.17. The molecule has 0 radical (unpaired) electrons. The SMILES string of the molecule is CCCNC(C)c1ccc(OC2CCS(=O)(=O)C2)c(Cl)c1. The first kappa shape index (κ1) is 16.6. The Morgan fingerprint density at radius 3 is 2.81 bits per heavy atom. The molecular formula is C15H22ClNO3S. The summed E-state index contributed by atoms with van der Waals surface area (Å²) in [6.45, 7) is 5.17. The van der Waals surface area contributed by atoms with Gasteiger partial charge in [0.15, 0.2) is 9.84 Å². The van der Waals surface area contributed by atoms with Crippen LogP contribution in [0.4, 0.5) is 0 Å². The quantitative estimate of drug-likeness (QED) is 0.870. The zero-order valence-corrected chi connectivity index (χ0v) is 14.0. The minimum absolute atomic E-state index is 0.0829. The van der Waals surface area contributed by atoms with Crippen molar-refractivity contribution in [3.8, 4) is 5.75 Å². The van der Waals surface area contributed by atoms with Gasteiger partial charge in [0.1, 0.15) is 11.9 Å². The van der Waals surface area contributed by atoms with Crippen LogP contribution >= 0.6 is 11.6 Å². The maximum absolute atomic E-state index is 11.4. The van der Waals surface area contributed by atoms with Crippen LogP contribution in [0.2, 0.25) is 5.02 Å². The number of halogens is 1. The van der Waals surface area contributed by atoms with Gasteiger partial charge in [-0.25, -0.2) is 8.42 Å². The molecule has 1 heterocycles. The van der Waals surface area contributed by atoms with Gasteiger partial charge < -0.3 is 10.1 Å². The molecule has 1 aromatic carbocycles. The molecule has 0 saturated carbocycles. The number of hydrogen-bond donors (Lipinski definition) is 1. The number of benzene rings is 1. The van der Waals surface area contributed by atoms with Crippen molar-refractivity contribution in [3.63, 3.8) is 0 Å². The molecule has 1 aromatic rings. The summed E-state index contributed by atoms with van der Waals surface area (Å²) in [6, 6.07) is 5.90. The van der Waals surface area contributed by atoms with E-state index in [2.05, 4.69) is 19.2 Å². The van der Waals surface area contributed by atoms with Crippen molar-refractivity contribution >= 4 is 21.4 Å². The highest BCUT2D eigenvalue weighted by molar-refractivity contribution is 7.91. The van der Waals surface area contributed by atoms with Crippen LogP contribution in [0.1, 0.15) is 38.3 Å². The van der Waals surface area contributed by atoms with Gasteiger partial charge in [-0.2, -0.15) is 0 Å². The molecule has 4 nitrogen and oxygen atoms in total. The zero-order chi connectivity index (χ0) is 15.5. The van der Waals surface area contributed by atoms with E-state index in [1.807, 2.05) is 18.2 Å². The van der Waals surface area contributed by atoms with Crippen LogP contribution in [0.3, 0.4) is 0 Å². The van der Waals surface area contributed by atoms with E-state index >= 15 is 0 Å². The maximum Gasteiger partial charge on any atom is 0.154 e. The number of ether oxygens (including phenoxy) is 1. The first-order valence-electron chi connectivity index (χ1n) is 7.31. The summed E-state index contributed by atoms with van der Waals surface area (Å²) in [7, 11) is -2.94. The van der Waals surface area contributed by atoms with Gasteiger partial charge >= 0.3 is 0 Å². The normalized spacial score (nSPS) is 22.1. The molecule has 0 bridgehead atoms. The highest BCUT2D eigenvalue weighted by atomic mass is 35.5. The first-order valence-corrected chi connectivity index (χ1v) is 9.51. The van der Waals surface area contributed by atoms with Crippen LogP contribution in [0.5, 0.6) is 5.75 Å². The summed E-state index contributed by atoms with van der Waals surface area (Å²) in [5.41, 5.74) is 1.10. The average molecular weight is 332 g/mol. The Balaban J connectivity index is 2.02. The van der Waals surface area contributed by atoms with E-state index in [1.54, 1.807) is 0 Å². The monoisotopic (exact) mass is 331 g/mol. The van der Waals surface area contributed by atoms with Crippen LogP contribution in [0.15, 0.2) is 18.2 Å². The van der Waals surface area contributed by atoms with E-state index in [9.17, 15) is 8.42 Å². The fourth-order valence-corrected chi connectivity index (χ4v) is 4.22. The van der Waals surface area contributed by atoms with Gasteiger partial charge in [-0.3, -0.25) is 0 Å². The zero-order valence-electron chi connectivity index (χ0n) is 12.4. The predicted molar refractivity (Wildman–Crippen MR) is 85.8 cm³/mol. The summed E-state index contributed by atoms with van der Waals surface area (Å²) in [6.07, 6.45) is 1.33. The third-order valence-corrected chi connectivity index (χ3v) is 5.67. The van der Waals surface area contributed by atoms with Crippen LogP contribution in [-0.4, -0.2) is 32.6 Å². The second kappa shape index (κ2) is 6.99. The second-order valence-corrected chi connectivity index (χ2v) is 8.14. The molecular weight excluding hydrogens is 310 g/mol. The Labute approximate surface area is 131 Å². The molecule has 1 aliphatic rings. The van der Waals surface area contributed by atoms with Crippen molar-refractivity contribution in [2.24, 2.45) is 0 Å². The summed E-state index contributed by atoms with van der Waals surface area (Å²) >= 11 is 6.25. The standard InChI is InChI=1S/C15H22ClNO3S/c1-3-7-17-11(2)12-4-5-15(14(16)9-12)20-13-6-8-21(18,19)10-13/h4-5,9,11,13,17H,3,6-8,10H2,1-2H3. The first-order chi connectivity index (χ1) is 9.91. The fourth-order valence-electron chi connectivity index (χ4n) is 2.39. The van der Waals surface area contributed by atoms with Crippen molar-refractivity contribution < 1.29 is 13.2 Å². The maximum atomic E-state index is 11.4. The van der Waals surface area contributed by atoms with E-state index < -0.39 is 9.84 Å². The summed E-state index contributed by atoms with van der Waals surface area (Å²) in [4.78, 5) is 0. The molecule has 1 N–H and O–H groups in total. The van der Waals surface area contributed by atoms with Gasteiger partial charge in [0.25, 0.3) is 0 Å². The van der Waals surface area contributed by atoms with Crippen LogP contribution in [0.25, 0.3) is 0 Å². The highest BCUT2D eigenvalue weighted by Crippen LogP contribution is 2.30. The van der Waals surface area contributed by atoms with Crippen LogP contribution in [0, 0.1) is 0 Å². The molecule has 2 atom stereocenters. The van der Waals surface area contributed by atoms with Crippen molar-refractivity contribution in [2.45, 2.75) is 38.8 Å². The largest absolute Gasteiger partial charge is 0.488 e. The molecule has 2 unspecified atom stereocenters. The van der Waals surface area contributed by atoms with Crippen molar-refractivity contribution in [1.82, 2.24) is 5.32 Å². The summed E-state index contributed by atoms with van der Waals surface area (Å²) in [5.74, 6) is 0.843. The molecule has 0 aliphatic carbocycles. The minimum Gasteiger partial charge on any atom is -0.488 e. The van der Waals surface area contributed by atoms with Crippen molar-refractivity contribution in [3.05, 3.63) is 28.8 Å². The molecule has 1 aliphatic heterocycles. The molecule has 0 aromatic heterocycles. The molecule has 1 saturated heterocycles. The lowest BCUT2D eigenvalue weighted by molar-refractivity contribution is 0.229. The van der Waals surface area contributed by atoms with Crippen LogP contribution < -0.4 is 10.1 Å². The Morgan fingerprint density at radius 2 is 2.24 bits per heavy atom. The topological polar surface area (TPSA) is 55.4 Å². The third kappa shape index (κ3) is 4.59. The fraction of sp³-hybridized carbons (Fsp3) is 0.600. The molecule has 0 amide bonds. The summed E-state index contributed by atoms with van der Waals surface area (Å²) in [5, 5.41) is 3.93.